The number of amides is 3. The van der Waals surface area contributed by atoms with Gasteiger partial charge in [0.05, 0.1) is 23.4 Å². The van der Waals surface area contributed by atoms with Crippen molar-refractivity contribution in [2.24, 2.45) is 0 Å². The van der Waals surface area contributed by atoms with Gasteiger partial charge in [0.2, 0.25) is 5.91 Å². The van der Waals surface area contributed by atoms with E-state index in [1.807, 2.05) is 6.07 Å². The molecule has 0 saturated carbocycles. The third-order valence-corrected chi connectivity index (χ3v) is 3.86. The van der Waals surface area contributed by atoms with Gasteiger partial charge in [-0.15, -0.1) is 0 Å². The van der Waals surface area contributed by atoms with E-state index < -0.39 is 0 Å². The average Bonchev–Trinajstić information content (AvgIpc) is 2.84. The van der Waals surface area contributed by atoms with Gasteiger partial charge in [0.15, 0.2) is 0 Å². The molecule has 2 aromatic rings. The lowest BCUT2D eigenvalue weighted by molar-refractivity contribution is -0.114. The zero-order valence-electron chi connectivity index (χ0n) is 13.8. The Morgan fingerprint density at radius 1 is 1.00 bits per heavy atom. The second-order valence-corrected chi connectivity index (χ2v) is 5.69. The molecule has 3 rings (SSSR count). The fourth-order valence-electron chi connectivity index (χ4n) is 2.73. The van der Waals surface area contributed by atoms with E-state index in [0.29, 0.717) is 35.6 Å². The van der Waals surface area contributed by atoms with Crippen LogP contribution >= 0.6 is 0 Å². The van der Waals surface area contributed by atoms with Gasteiger partial charge in [-0.2, -0.15) is 0 Å². The summed E-state index contributed by atoms with van der Waals surface area (Å²) < 4.78 is 5.68. The summed E-state index contributed by atoms with van der Waals surface area (Å²) in [5.41, 5.74) is 1.49. The first kappa shape index (κ1) is 16.7. The molecule has 0 aliphatic carbocycles. The Labute approximate surface area is 145 Å². The van der Waals surface area contributed by atoms with Crippen LogP contribution < -0.4 is 10.1 Å². The second kappa shape index (κ2) is 7.17. The minimum Gasteiger partial charge on any atom is -0.491 e. The number of hydrogen-bond acceptors (Lipinski definition) is 4. The second-order valence-electron chi connectivity index (χ2n) is 5.69. The van der Waals surface area contributed by atoms with Crippen LogP contribution in [0.4, 0.5) is 5.69 Å². The van der Waals surface area contributed by atoms with Gasteiger partial charge in [0, 0.05) is 13.5 Å². The molecule has 6 nitrogen and oxygen atoms in total. The van der Waals surface area contributed by atoms with Gasteiger partial charge < -0.3 is 10.1 Å². The van der Waals surface area contributed by atoms with E-state index in [2.05, 4.69) is 5.32 Å². The molecule has 0 bridgehead atoms. The van der Waals surface area contributed by atoms with Crippen LogP contribution in [-0.4, -0.2) is 35.8 Å². The number of anilines is 1. The van der Waals surface area contributed by atoms with Crippen LogP contribution in [0.2, 0.25) is 0 Å². The molecule has 1 aliphatic heterocycles. The summed E-state index contributed by atoms with van der Waals surface area (Å²) in [5.74, 6) is -0.152. The smallest absolute Gasteiger partial charge is 0.261 e. The molecule has 1 aliphatic rings. The summed E-state index contributed by atoms with van der Waals surface area (Å²) in [6, 6.07) is 13.9. The van der Waals surface area contributed by atoms with Crippen molar-refractivity contribution in [2.45, 2.75) is 13.3 Å². The maximum atomic E-state index is 12.3. The van der Waals surface area contributed by atoms with Crippen LogP contribution in [0.1, 0.15) is 34.1 Å². The zero-order valence-corrected chi connectivity index (χ0v) is 13.8. The monoisotopic (exact) mass is 338 g/mol. The molecule has 1 N–H and O–H groups in total. The zero-order chi connectivity index (χ0) is 17.8. The van der Waals surface area contributed by atoms with Crippen LogP contribution in [0, 0.1) is 0 Å². The Balaban J connectivity index is 1.56. The molecule has 1 heterocycles. The molecule has 0 unspecified atom stereocenters. The number of nitrogens with zero attached hydrogens (tertiary/aromatic N) is 1. The number of fused-ring (bicyclic) bond motifs is 1. The molecule has 0 spiro atoms. The van der Waals surface area contributed by atoms with Gasteiger partial charge in [-0.1, -0.05) is 24.3 Å². The topological polar surface area (TPSA) is 75.7 Å². The van der Waals surface area contributed by atoms with Crippen molar-refractivity contribution in [3.63, 3.8) is 0 Å². The average molecular weight is 338 g/mol. The lowest BCUT2D eigenvalue weighted by Gasteiger charge is -2.15. The molecule has 25 heavy (non-hydrogen) atoms. The highest BCUT2D eigenvalue weighted by Crippen LogP contribution is 2.25. The van der Waals surface area contributed by atoms with Crippen LogP contribution in [0.15, 0.2) is 48.5 Å². The highest BCUT2D eigenvalue weighted by Gasteiger charge is 2.34. The molecule has 0 aromatic heterocycles. The van der Waals surface area contributed by atoms with Gasteiger partial charge in [-0.25, -0.2) is 0 Å². The van der Waals surface area contributed by atoms with E-state index in [4.69, 9.17) is 4.74 Å². The predicted octanol–water partition coefficient (Wildman–Crippen LogP) is 2.71. The number of rotatable bonds is 6. The van der Waals surface area contributed by atoms with Crippen molar-refractivity contribution in [3.05, 3.63) is 59.7 Å². The first-order valence-corrected chi connectivity index (χ1v) is 8.02. The van der Waals surface area contributed by atoms with Crippen LogP contribution in [0.5, 0.6) is 5.75 Å². The number of ether oxygens (including phenoxy) is 1. The largest absolute Gasteiger partial charge is 0.491 e. The summed E-state index contributed by atoms with van der Waals surface area (Å²) in [4.78, 5) is 37.0. The van der Waals surface area contributed by atoms with Gasteiger partial charge in [0.1, 0.15) is 5.75 Å². The summed E-state index contributed by atoms with van der Waals surface area (Å²) in [5, 5.41) is 2.70. The molecule has 0 saturated heterocycles. The minimum atomic E-state index is -0.265. The van der Waals surface area contributed by atoms with Crippen molar-refractivity contribution in [1.29, 1.82) is 0 Å². The van der Waals surface area contributed by atoms with Crippen molar-refractivity contribution >= 4 is 23.4 Å². The highest BCUT2D eigenvalue weighted by atomic mass is 16.5. The Hall–Kier alpha value is -3.15. The Bertz CT molecular complexity index is 797. The lowest BCUT2D eigenvalue weighted by atomic mass is 10.1. The highest BCUT2D eigenvalue weighted by molar-refractivity contribution is 6.21. The molecule has 0 atom stereocenters. The SMILES string of the molecule is CC(=O)Nc1ccccc1OCCCN1C(=O)c2ccccc2C1=O. The summed E-state index contributed by atoms with van der Waals surface area (Å²) >= 11 is 0. The van der Waals surface area contributed by atoms with E-state index in [1.54, 1.807) is 42.5 Å². The Kier molecular flexibility index (Phi) is 4.79. The van der Waals surface area contributed by atoms with E-state index in [9.17, 15) is 14.4 Å². The van der Waals surface area contributed by atoms with E-state index in [-0.39, 0.29) is 24.3 Å². The number of imide groups is 1. The first-order chi connectivity index (χ1) is 12.1. The van der Waals surface area contributed by atoms with E-state index >= 15 is 0 Å². The van der Waals surface area contributed by atoms with Crippen LogP contribution in [-0.2, 0) is 4.79 Å². The first-order valence-electron chi connectivity index (χ1n) is 8.02. The fourth-order valence-corrected chi connectivity index (χ4v) is 2.73. The summed E-state index contributed by atoms with van der Waals surface area (Å²) in [6.45, 7) is 2.04. The molecule has 0 fully saturated rings. The van der Waals surface area contributed by atoms with E-state index in [1.165, 1.54) is 11.8 Å². The number of para-hydroxylation sites is 2. The summed E-state index contributed by atoms with van der Waals surface area (Å²) in [6.07, 6.45) is 0.500. The minimum absolute atomic E-state index is 0.179. The number of carbonyl (C=O) groups is 3. The van der Waals surface area contributed by atoms with Gasteiger partial charge in [-0.3, -0.25) is 19.3 Å². The molecular weight excluding hydrogens is 320 g/mol. The Morgan fingerprint density at radius 3 is 2.24 bits per heavy atom. The molecule has 6 heteroatoms. The van der Waals surface area contributed by atoms with E-state index in [0.717, 1.165) is 0 Å². The van der Waals surface area contributed by atoms with Gasteiger partial charge >= 0.3 is 0 Å². The number of nitrogens with one attached hydrogen (secondary N) is 1. The maximum Gasteiger partial charge on any atom is 0.261 e. The number of benzene rings is 2. The summed E-state index contributed by atoms with van der Waals surface area (Å²) in [7, 11) is 0. The van der Waals surface area contributed by atoms with Crippen molar-refractivity contribution in [3.8, 4) is 5.75 Å². The number of hydrogen-bond donors (Lipinski definition) is 1. The van der Waals surface area contributed by atoms with Crippen molar-refractivity contribution in [2.75, 3.05) is 18.5 Å². The quantitative estimate of drug-likeness (QED) is 0.649. The molecule has 128 valence electrons. The van der Waals surface area contributed by atoms with Crippen LogP contribution in [0.3, 0.4) is 0 Å². The standard InChI is InChI=1S/C19H18N2O4/c1-13(22)20-16-9-4-5-10-17(16)25-12-6-11-21-18(23)14-7-2-3-8-15(14)19(21)24/h2-5,7-10H,6,11-12H2,1H3,(H,20,22). The molecule has 0 radical (unpaired) electrons. The third kappa shape index (κ3) is 3.52. The molecule has 3 amide bonds. The fraction of sp³-hybridized carbons (Fsp3) is 0.211. The van der Waals surface area contributed by atoms with Crippen molar-refractivity contribution in [1.82, 2.24) is 4.90 Å². The molecule has 2 aromatic carbocycles. The lowest BCUT2D eigenvalue weighted by Crippen LogP contribution is -2.31. The van der Waals surface area contributed by atoms with Gasteiger partial charge in [0.25, 0.3) is 11.8 Å². The Morgan fingerprint density at radius 2 is 1.60 bits per heavy atom. The predicted molar refractivity (Wildman–Crippen MR) is 92.7 cm³/mol. The van der Waals surface area contributed by atoms with Crippen molar-refractivity contribution < 1.29 is 19.1 Å². The van der Waals surface area contributed by atoms with Crippen LogP contribution in [0.25, 0.3) is 0 Å². The normalized spacial score (nSPS) is 12.9. The molecular formula is C19H18N2O4. The van der Waals surface area contributed by atoms with Gasteiger partial charge in [-0.05, 0) is 30.7 Å². The number of carbonyl (C=O) groups excluding carboxylic acids is 3. The maximum absolute atomic E-state index is 12.3. The third-order valence-electron chi connectivity index (χ3n) is 3.86.